The monoisotopic (exact) mass is 464 g/mol. The molecule has 7 nitrogen and oxygen atoms in total. The van der Waals surface area contributed by atoms with Gasteiger partial charge >= 0.3 is 0 Å². The van der Waals surface area contributed by atoms with Crippen molar-refractivity contribution in [2.24, 2.45) is 4.99 Å². The van der Waals surface area contributed by atoms with Crippen molar-refractivity contribution in [3.8, 4) is 0 Å². The van der Waals surface area contributed by atoms with Crippen LogP contribution in [-0.2, 0) is 6.54 Å². The molecule has 2 aromatic carbocycles. The number of carbonyl (C=O) groups excluding carboxylic acids is 1. The molecule has 2 aliphatic rings. The normalized spacial score (nSPS) is 15.5. The summed E-state index contributed by atoms with van der Waals surface area (Å²) in [4.78, 5) is 31.8. The van der Waals surface area contributed by atoms with E-state index in [1.807, 2.05) is 23.1 Å². The standard InChI is InChI=1S/C24H22ClFN6O/c25-19-3-5-22-18(13-19)14-27-16-32(22)15-17-2-4-21(26)20(12-17)23(33)30-8-10-31(11-9-30)24-28-6-1-7-29-24/h1-7,12-14H,8-11,15-16H2. The number of carbonyl (C=O) groups is 1. The molecule has 0 atom stereocenters. The number of nitrogens with zero attached hydrogens (tertiary/aromatic N) is 6. The van der Waals surface area contributed by atoms with Crippen LogP contribution < -0.4 is 9.80 Å². The predicted molar refractivity (Wildman–Crippen MR) is 127 cm³/mol. The number of fused-ring (bicyclic) bond motifs is 1. The Hall–Kier alpha value is -3.52. The van der Waals surface area contributed by atoms with E-state index in [2.05, 4.69) is 19.9 Å². The first-order chi connectivity index (χ1) is 16.1. The van der Waals surface area contributed by atoms with Gasteiger partial charge in [0.15, 0.2) is 0 Å². The van der Waals surface area contributed by atoms with Gasteiger partial charge in [0, 0.05) is 67.6 Å². The van der Waals surface area contributed by atoms with Gasteiger partial charge in [0.2, 0.25) is 5.95 Å². The third kappa shape index (κ3) is 4.52. The van der Waals surface area contributed by atoms with Crippen molar-refractivity contribution in [1.82, 2.24) is 14.9 Å². The molecule has 0 radical (unpaired) electrons. The van der Waals surface area contributed by atoms with Gasteiger partial charge in [0.05, 0.1) is 5.56 Å². The molecule has 0 aliphatic carbocycles. The van der Waals surface area contributed by atoms with Crippen molar-refractivity contribution in [3.05, 3.63) is 82.4 Å². The van der Waals surface area contributed by atoms with Crippen LogP contribution in [0, 0.1) is 5.82 Å². The molecular formula is C24H22ClFN6O. The molecular weight excluding hydrogens is 443 g/mol. The largest absolute Gasteiger partial charge is 0.347 e. The molecule has 9 heteroatoms. The van der Waals surface area contributed by atoms with E-state index < -0.39 is 5.82 Å². The van der Waals surface area contributed by atoms with Crippen molar-refractivity contribution in [2.75, 3.05) is 42.6 Å². The maximum Gasteiger partial charge on any atom is 0.256 e. The van der Waals surface area contributed by atoms with Gasteiger partial charge < -0.3 is 14.7 Å². The van der Waals surface area contributed by atoms with Crippen LogP contribution in [0.4, 0.5) is 16.0 Å². The summed E-state index contributed by atoms with van der Waals surface area (Å²) in [5.74, 6) is -0.170. The molecule has 5 rings (SSSR count). The van der Waals surface area contributed by atoms with E-state index in [0.717, 1.165) is 16.8 Å². The van der Waals surface area contributed by atoms with Gasteiger partial charge in [-0.15, -0.1) is 0 Å². The quantitative estimate of drug-likeness (QED) is 0.590. The van der Waals surface area contributed by atoms with Crippen molar-refractivity contribution >= 4 is 35.4 Å². The van der Waals surface area contributed by atoms with Crippen LogP contribution in [0.15, 0.2) is 59.9 Å². The lowest BCUT2D eigenvalue weighted by atomic mass is 10.1. The Morgan fingerprint density at radius 1 is 1.03 bits per heavy atom. The molecule has 0 bridgehead atoms. The van der Waals surface area contributed by atoms with Crippen molar-refractivity contribution in [2.45, 2.75) is 6.54 Å². The average Bonchev–Trinajstić information content (AvgIpc) is 2.85. The summed E-state index contributed by atoms with van der Waals surface area (Å²) in [7, 11) is 0. The molecule has 1 fully saturated rings. The number of piperazine rings is 1. The van der Waals surface area contributed by atoms with E-state index in [9.17, 15) is 9.18 Å². The van der Waals surface area contributed by atoms with Gasteiger partial charge in [-0.1, -0.05) is 17.7 Å². The zero-order chi connectivity index (χ0) is 22.8. The first-order valence-corrected chi connectivity index (χ1v) is 11.1. The Kier molecular flexibility index (Phi) is 5.92. The first-order valence-electron chi connectivity index (χ1n) is 10.7. The second-order valence-electron chi connectivity index (χ2n) is 8.00. The minimum atomic E-state index is -0.513. The van der Waals surface area contributed by atoms with Crippen LogP contribution in [0.5, 0.6) is 0 Å². The predicted octanol–water partition coefficient (Wildman–Crippen LogP) is 3.63. The van der Waals surface area contributed by atoms with Crippen molar-refractivity contribution in [3.63, 3.8) is 0 Å². The summed E-state index contributed by atoms with van der Waals surface area (Å²) in [6.45, 7) is 3.15. The van der Waals surface area contributed by atoms with E-state index in [-0.39, 0.29) is 11.5 Å². The molecule has 1 amide bonds. The highest BCUT2D eigenvalue weighted by Gasteiger charge is 2.26. The third-order valence-electron chi connectivity index (χ3n) is 5.85. The summed E-state index contributed by atoms with van der Waals surface area (Å²) in [6.07, 6.45) is 5.19. The second-order valence-corrected chi connectivity index (χ2v) is 8.43. The Morgan fingerprint density at radius 2 is 1.82 bits per heavy atom. The molecule has 1 aromatic heterocycles. The smallest absolute Gasteiger partial charge is 0.256 e. The van der Waals surface area contributed by atoms with Gasteiger partial charge in [0.1, 0.15) is 12.5 Å². The fourth-order valence-corrected chi connectivity index (χ4v) is 4.34. The number of benzene rings is 2. The van der Waals surface area contributed by atoms with Gasteiger partial charge in [-0.2, -0.15) is 0 Å². The zero-order valence-corrected chi connectivity index (χ0v) is 18.6. The number of halogens is 2. The maximum absolute atomic E-state index is 14.6. The molecule has 3 heterocycles. The number of rotatable bonds is 4. The number of hydrogen-bond donors (Lipinski definition) is 0. The minimum Gasteiger partial charge on any atom is -0.347 e. The summed E-state index contributed by atoms with van der Waals surface area (Å²) < 4.78 is 14.6. The minimum absolute atomic E-state index is 0.0914. The van der Waals surface area contributed by atoms with E-state index in [4.69, 9.17) is 11.6 Å². The van der Waals surface area contributed by atoms with Crippen LogP contribution in [0.2, 0.25) is 5.02 Å². The van der Waals surface area contributed by atoms with E-state index in [1.54, 1.807) is 41.7 Å². The maximum atomic E-state index is 14.6. The van der Waals surface area contributed by atoms with E-state index in [1.165, 1.54) is 6.07 Å². The van der Waals surface area contributed by atoms with E-state index >= 15 is 0 Å². The Balaban J connectivity index is 1.29. The summed E-state index contributed by atoms with van der Waals surface area (Å²) in [5.41, 5.74) is 2.88. The number of hydrogen-bond acceptors (Lipinski definition) is 6. The fourth-order valence-electron chi connectivity index (χ4n) is 4.16. The molecule has 0 saturated carbocycles. The third-order valence-corrected chi connectivity index (χ3v) is 6.08. The van der Waals surface area contributed by atoms with Crippen LogP contribution in [0.1, 0.15) is 21.5 Å². The summed E-state index contributed by atoms with van der Waals surface area (Å²) in [5, 5.41) is 0.649. The van der Waals surface area contributed by atoms with Crippen molar-refractivity contribution < 1.29 is 9.18 Å². The highest BCUT2D eigenvalue weighted by atomic mass is 35.5. The molecule has 33 heavy (non-hydrogen) atoms. The Morgan fingerprint density at radius 3 is 2.61 bits per heavy atom. The van der Waals surface area contributed by atoms with Crippen LogP contribution in [-0.4, -0.2) is 59.8 Å². The van der Waals surface area contributed by atoms with Gasteiger partial charge in [-0.05, 0) is 42.0 Å². The lowest BCUT2D eigenvalue weighted by Crippen LogP contribution is -2.49. The number of anilines is 2. The molecule has 168 valence electrons. The van der Waals surface area contributed by atoms with Gasteiger partial charge in [-0.25, -0.2) is 14.4 Å². The highest BCUT2D eigenvalue weighted by Crippen LogP contribution is 2.27. The first kappa shape index (κ1) is 21.3. The number of aliphatic imine (C=N–C) groups is 1. The van der Waals surface area contributed by atoms with Crippen LogP contribution in [0.25, 0.3) is 0 Å². The Labute approximate surface area is 196 Å². The lowest BCUT2D eigenvalue weighted by Gasteiger charge is -2.34. The average molecular weight is 465 g/mol. The molecule has 1 saturated heterocycles. The Bertz CT molecular complexity index is 1200. The van der Waals surface area contributed by atoms with Crippen molar-refractivity contribution in [1.29, 1.82) is 0 Å². The SMILES string of the molecule is O=C(c1cc(CN2CN=Cc3cc(Cl)ccc32)ccc1F)N1CCN(c2ncccn2)CC1. The van der Waals surface area contributed by atoms with Crippen LogP contribution >= 0.6 is 11.6 Å². The highest BCUT2D eigenvalue weighted by molar-refractivity contribution is 6.31. The fraction of sp³-hybridized carbons (Fsp3) is 0.250. The van der Waals surface area contributed by atoms with E-state index in [0.29, 0.717) is 50.4 Å². The number of aromatic nitrogens is 2. The topological polar surface area (TPSA) is 64.9 Å². The second kappa shape index (κ2) is 9.15. The van der Waals surface area contributed by atoms with Crippen LogP contribution in [0.3, 0.4) is 0 Å². The summed E-state index contributed by atoms with van der Waals surface area (Å²) >= 11 is 6.10. The molecule has 0 spiro atoms. The summed E-state index contributed by atoms with van der Waals surface area (Å²) in [6, 6.07) is 12.2. The van der Waals surface area contributed by atoms with Gasteiger partial charge in [0.25, 0.3) is 5.91 Å². The zero-order valence-electron chi connectivity index (χ0n) is 17.9. The van der Waals surface area contributed by atoms with Gasteiger partial charge in [-0.3, -0.25) is 9.79 Å². The molecule has 2 aliphatic heterocycles. The molecule has 0 N–H and O–H groups in total. The molecule has 0 unspecified atom stereocenters. The number of amides is 1. The molecule has 3 aromatic rings. The lowest BCUT2D eigenvalue weighted by molar-refractivity contribution is 0.0741.